The summed E-state index contributed by atoms with van der Waals surface area (Å²) in [5, 5.41) is 26.1. The lowest BCUT2D eigenvalue weighted by Crippen LogP contribution is -2.56. The molecule has 2 aromatic rings. The molecular formula is C25H29N3O7. The number of benzene rings is 2. The Morgan fingerprint density at radius 1 is 0.686 bits per heavy atom. The molecule has 0 fully saturated rings. The highest BCUT2D eigenvalue weighted by Gasteiger charge is 2.30. The molecule has 0 aromatic heterocycles. The summed E-state index contributed by atoms with van der Waals surface area (Å²) in [6.45, 7) is 1.25. The minimum Gasteiger partial charge on any atom is -0.481 e. The predicted molar refractivity (Wildman–Crippen MR) is 126 cm³/mol. The highest BCUT2D eigenvalue weighted by Crippen LogP contribution is 2.08. The average Bonchev–Trinajstić information content (AvgIpc) is 2.81. The van der Waals surface area contributed by atoms with Gasteiger partial charge in [-0.05, 0) is 17.5 Å². The van der Waals surface area contributed by atoms with Crippen molar-refractivity contribution in [2.75, 3.05) is 0 Å². The van der Waals surface area contributed by atoms with Crippen LogP contribution in [-0.2, 0) is 36.8 Å². The van der Waals surface area contributed by atoms with Crippen molar-refractivity contribution in [3.8, 4) is 0 Å². The first-order chi connectivity index (χ1) is 16.7. The van der Waals surface area contributed by atoms with Crippen molar-refractivity contribution in [1.82, 2.24) is 16.0 Å². The van der Waals surface area contributed by atoms with Gasteiger partial charge in [-0.25, -0.2) is 4.79 Å². The van der Waals surface area contributed by atoms with Crippen LogP contribution >= 0.6 is 0 Å². The number of hydrogen-bond acceptors (Lipinski definition) is 5. The minimum absolute atomic E-state index is 0.00400. The molecule has 3 atom stereocenters. The summed E-state index contributed by atoms with van der Waals surface area (Å²) in [7, 11) is 0. The summed E-state index contributed by atoms with van der Waals surface area (Å²) in [6.07, 6.45) is -0.545. The fourth-order valence-corrected chi connectivity index (χ4v) is 3.44. The Kier molecular flexibility index (Phi) is 10.4. The Labute approximate surface area is 202 Å². The molecule has 0 bridgehead atoms. The molecule has 0 spiro atoms. The minimum atomic E-state index is -1.32. The number of aliphatic carboxylic acids is 2. The second kappa shape index (κ2) is 13.5. The van der Waals surface area contributed by atoms with Gasteiger partial charge in [-0.3, -0.25) is 19.2 Å². The molecular weight excluding hydrogens is 454 g/mol. The van der Waals surface area contributed by atoms with Crippen LogP contribution in [0, 0.1) is 0 Å². The van der Waals surface area contributed by atoms with E-state index < -0.39 is 54.2 Å². The lowest BCUT2D eigenvalue weighted by atomic mass is 10.0. The molecule has 186 valence electrons. The van der Waals surface area contributed by atoms with Gasteiger partial charge in [0.15, 0.2) is 0 Å². The molecule has 3 amide bonds. The molecule has 0 aliphatic carbocycles. The topological polar surface area (TPSA) is 162 Å². The van der Waals surface area contributed by atoms with Crippen molar-refractivity contribution < 1.29 is 34.2 Å². The summed E-state index contributed by atoms with van der Waals surface area (Å²) in [6, 6.07) is 14.0. The molecule has 2 aromatic carbocycles. The van der Waals surface area contributed by atoms with Gasteiger partial charge in [0, 0.05) is 26.2 Å². The maximum Gasteiger partial charge on any atom is 0.326 e. The van der Waals surface area contributed by atoms with Crippen molar-refractivity contribution in [3.63, 3.8) is 0 Å². The molecule has 10 nitrogen and oxygen atoms in total. The van der Waals surface area contributed by atoms with Gasteiger partial charge in [0.25, 0.3) is 0 Å². The Morgan fingerprint density at radius 2 is 1.14 bits per heavy atom. The lowest BCUT2D eigenvalue weighted by molar-refractivity contribution is -0.143. The standard InChI is InChI=1S/C25H29N3O7/c1-16(29)26-20(14-17-8-4-2-5-9-17)24(33)27-19(12-13-22(30)31)23(32)28-21(25(34)35)15-18-10-6-3-7-11-18/h2-11,19-21H,12-15H2,1H3,(H,26,29)(H,27,33)(H,28,32)(H,30,31)(H,34,35)/t19-,20-,21-/m0/s1. The number of rotatable bonds is 13. The number of carbonyl (C=O) groups excluding carboxylic acids is 3. The number of carboxylic acids is 2. The molecule has 0 radical (unpaired) electrons. The first-order valence-corrected chi connectivity index (χ1v) is 11.1. The first kappa shape index (κ1) is 27.0. The molecule has 35 heavy (non-hydrogen) atoms. The van der Waals surface area contributed by atoms with E-state index in [0.717, 1.165) is 5.56 Å². The smallest absolute Gasteiger partial charge is 0.326 e. The Hall–Kier alpha value is -4.21. The van der Waals surface area contributed by atoms with Crippen molar-refractivity contribution in [3.05, 3.63) is 71.8 Å². The molecule has 0 aliphatic heterocycles. The van der Waals surface area contributed by atoms with E-state index in [1.807, 2.05) is 0 Å². The Balaban J connectivity index is 2.17. The largest absolute Gasteiger partial charge is 0.481 e. The van der Waals surface area contributed by atoms with Crippen LogP contribution in [0.25, 0.3) is 0 Å². The number of amides is 3. The summed E-state index contributed by atoms with van der Waals surface area (Å²) >= 11 is 0. The summed E-state index contributed by atoms with van der Waals surface area (Å²) in [5.74, 6) is -4.43. The molecule has 0 saturated heterocycles. The van der Waals surface area contributed by atoms with Gasteiger partial charge in [0.1, 0.15) is 18.1 Å². The van der Waals surface area contributed by atoms with Crippen LogP contribution in [0.2, 0.25) is 0 Å². The maximum absolute atomic E-state index is 13.0. The van der Waals surface area contributed by atoms with Crippen LogP contribution in [0.4, 0.5) is 0 Å². The monoisotopic (exact) mass is 483 g/mol. The third kappa shape index (κ3) is 9.66. The van der Waals surface area contributed by atoms with Crippen LogP contribution in [0.5, 0.6) is 0 Å². The van der Waals surface area contributed by atoms with E-state index in [1.54, 1.807) is 60.7 Å². The second-order valence-electron chi connectivity index (χ2n) is 8.03. The fourth-order valence-electron chi connectivity index (χ4n) is 3.44. The molecule has 0 saturated carbocycles. The van der Waals surface area contributed by atoms with Crippen molar-refractivity contribution in [2.24, 2.45) is 0 Å². The first-order valence-electron chi connectivity index (χ1n) is 11.1. The Bertz CT molecular complexity index is 1030. The average molecular weight is 484 g/mol. The zero-order valence-electron chi connectivity index (χ0n) is 19.3. The van der Waals surface area contributed by atoms with E-state index in [2.05, 4.69) is 16.0 Å². The number of hydrogen-bond donors (Lipinski definition) is 5. The zero-order chi connectivity index (χ0) is 25.8. The van der Waals surface area contributed by atoms with Gasteiger partial charge in [-0.1, -0.05) is 60.7 Å². The van der Waals surface area contributed by atoms with E-state index in [-0.39, 0.29) is 19.3 Å². The molecule has 0 unspecified atom stereocenters. The molecule has 10 heteroatoms. The molecule has 5 N–H and O–H groups in total. The highest BCUT2D eigenvalue weighted by molar-refractivity contribution is 5.93. The number of carbonyl (C=O) groups is 5. The Morgan fingerprint density at radius 3 is 1.60 bits per heavy atom. The summed E-state index contributed by atoms with van der Waals surface area (Å²) in [5.41, 5.74) is 1.45. The summed E-state index contributed by atoms with van der Waals surface area (Å²) < 4.78 is 0. The van der Waals surface area contributed by atoms with Crippen LogP contribution in [0.15, 0.2) is 60.7 Å². The maximum atomic E-state index is 13.0. The van der Waals surface area contributed by atoms with E-state index in [4.69, 9.17) is 5.11 Å². The number of carboxylic acid groups (broad SMARTS) is 2. The third-order valence-corrected chi connectivity index (χ3v) is 5.15. The highest BCUT2D eigenvalue weighted by atomic mass is 16.4. The summed E-state index contributed by atoms with van der Waals surface area (Å²) in [4.78, 5) is 60.4. The van der Waals surface area contributed by atoms with Gasteiger partial charge in [-0.2, -0.15) is 0 Å². The van der Waals surface area contributed by atoms with Gasteiger partial charge < -0.3 is 26.2 Å². The van der Waals surface area contributed by atoms with Crippen molar-refractivity contribution >= 4 is 29.7 Å². The zero-order valence-corrected chi connectivity index (χ0v) is 19.3. The van der Waals surface area contributed by atoms with E-state index in [0.29, 0.717) is 5.56 Å². The van der Waals surface area contributed by atoms with Crippen LogP contribution in [0.1, 0.15) is 30.9 Å². The quantitative estimate of drug-likeness (QED) is 0.283. The van der Waals surface area contributed by atoms with Gasteiger partial charge >= 0.3 is 11.9 Å². The normalized spacial score (nSPS) is 13.1. The molecule has 0 heterocycles. The van der Waals surface area contributed by atoms with E-state index in [9.17, 15) is 29.1 Å². The van der Waals surface area contributed by atoms with Crippen molar-refractivity contribution in [1.29, 1.82) is 0 Å². The van der Waals surface area contributed by atoms with Crippen LogP contribution in [0.3, 0.4) is 0 Å². The van der Waals surface area contributed by atoms with E-state index in [1.165, 1.54) is 6.92 Å². The van der Waals surface area contributed by atoms with Crippen molar-refractivity contribution in [2.45, 2.75) is 50.7 Å². The van der Waals surface area contributed by atoms with Gasteiger partial charge in [-0.15, -0.1) is 0 Å². The van der Waals surface area contributed by atoms with Crippen LogP contribution < -0.4 is 16.0 Å². The molecule has 2 rings (SSSR count). The lowest BCUT2D eigenvalue weighted by Gasteiger charge is -2.24. The predicted octanol–water partition coefficient (Wildman–Crippen LogP) is 0.896. The second-order valence-corrected chi connectivity index (χ2v) is 8.03. The van der Waals surface area contributed by atoms with Gasteiger partial charge in [0.2, 0.25) is 17.7 Å². The third-order valence-electron chi connectivity index (χ3n) is 5.15. The van der Waals surface area contributed by atoms with Crippen LogP contribution in [-0.4, -0.2) is 58.0 Å². The number of nitrogens with one attached hydrogen (secondary N) is 3. The van der Waals surface area contributed by atoms with Gasteiger partial charge in [0.05, 0.1) is 0 Å². The van der Waals surface area contributed by atoms with E-state index >= 15 is 0 Å². The fraction of sp³-hybridized carbons (Fsp3) is 0.320. The SMILES string of the molecule is CC(=O)N[C@@H](Cc1ccccc1)C(=O)N[C@@H](CCC(=O)O)C(=O)N[C@@H](Cc1ccccc1)C(=O)O. The molecule has 0 aliphatic rings.